The number of carbonyl (C=O) groups is 1. The average Bonchev–Trinajstić information content (AvgIpc) is 2.46. The van der Waals surface area contributed by atoms with Gasteiger partial charge in [-0.3, -0.25) is 4.79 Å². The number of nitrogens with one attached hydrogen (secondary N) is 1. The molecule has 3 heteroatoms. The summed E-state index contributed by atoms with van der Waals surface area (Å²) in [5.41, 5.74) is 3.38. The summed E-state index contributed by atoms with van der Waals surface area (Å²) in [5.74, 6) is -0.796. The standard InChI is InChI=1S/C17H19NO2/c1-13-7-9-14(10-8-13)12-18-16(11-17(19)20)15-5-3-2-4-6-15/h2-10,16,18H,11-12H2,1H3,(H,19,20)/t16-/m1/s1. The van der Waals surface area contributed by atoms with Gasteiger partial charge in [0.05, 0.1) is 6.42 Å². The van der Waals surface area contributed by atoms with Gasteiger partial charge in [-0.1, -0.05) is 60.2 Å². The zero-order valence-corrected chi connectivity index (χ0v) is 11.5. The SMILES string of the molecule is Cc1ccc(CN[C@H](CC(=O)O)c2ccccc2)cc1. The van der Waals surface area contributed by atoms with Crippen LogP contribution in [0.15, 0.2) is 54.6 Å². The van der Waals surface area contributed by atoms with Crippen LogP contribution in [-0.2, 0) is 11.3 Å². The minimum atomic E-state index is -0.796. The molecular weight excluding hydrogens is 250 g/mol. The maximum atomic E-state index is 11.0. The predicted octanol–water partition coefficient (Wildman–Crippen LogP) is 3.30. The van der Waals surface area contributed by atoms with E-state index in [1.54, 1.807) is 0 Å². The summed E-state index contributed by atoms with van der Waals surface area (Å²) in [7, 11) is 0. The number of aryl methyl sites for hydroxylation is 1. The second kappa shape index (κ2) is 6.87. The van der Waals surface area contributed by atoms with E-state index >= 15 is 0 Å². The molecule has 0 aliphatic carbocycles. The molecule has 3 nitrogen and oxygen atoms in total. The number of hydrogen-bond donors (Lipinski definition) is 2. The lowest BCUT2D eigenvalue weighted by atomic mass is 10.0. The Hall–Kier alpha value is -2.13. The van der Waals surface area contributed by atoms with Crippen LogP contribution in [-0.4, -0.2) is 11.1 Å². The van der Waals surface area contributed by atoms with Crippen LogP contribution < -0.4 is 5.32 Å². The van der Waals surface area contributed by atoms with Crippen molar-refractivity contribution >= 4 is 5.97 Å². The lowest BCUT2D eigenvalue weighted by molar-refractivity contribution is -0.137. The number of rotatable bonds is 6. The number of aliphatic carboxylic acids is 1. The fourth-order valence-electron chi connectivity index (χ4n) is 2.11. The van der Waals surface area contributed by atoms with E-state index in [2.05, 4.69) is 36.5 Å². The molecule has 104 valence electrons. The van der Waals surface area contributed by atoms with Gasteiger partial charge in [-0.25, -0.2) is 0 Å². The van der Waals surface area contributed by atoms with Gasteiger partial charge in [0.1, 0.15) is 0 Å². The van der Waals surface area contributed by atoms with Gasteiger partial charge >= 0.3 is 5.97 Å². The van der Waals surface area contributed by atoms with Crippen molar-refractivity contribution in [3.8, 4) is 0 Å². The van der Waals surface area contributed by atoms with Crippen molar-refractivity contribution in [1.29, 1.82) is 0 Å². The maximum Gasteiger partial charge on any atom is 0.305 e. The van der Waals surface area contributed by atoms with E-state index in [1.165, 1.54) is 5.56 Å². The Morgan fingerprint density at radius 1 is 1.10 bits per heavy atom. The van der Waals surface area contributed by atoms with Crippen molar-refractivity contribution in [2.45, 2.75) is 25.9 Å². The van der Waals surface area contributed by atoms with Gasteiger partial charge in [-0.2, -0.15) is 0 Å². The number of hydrogen-bond acceptors (Lipinski definition) is 2. The predicted molar refractivity (Wildman–Crippen MR) is 79.5 cm³/mol. The quantitative estimate of drug-likeness (QED) is 0.846. The molecule has 1 atom stereocenters. The van der Waals surface area contributed by atoms with Crippen molar-refractivity contribution in [2.75, 3.05) is 0 Å². The largest absolute Gasteiger partial charge is 0.481 e. The number of carboxylic acid groups (broad SMARTS) is 1. The molecule has 0 fully saturated rings. The molecule has 0 aliphatic rings. The third kappa shape index (κ3) is 4.21. The van der Waals surface area contributed by atoms with Gasteiger partial charge in [0.25, 0.3) is 0 Å². The molecule has 0 unspecified atom stereocenters. The van der Waals surface area contributed by atoms with Crippen molar-refractivity contribution < 1.29 is 9.90 Å². The minimum absolute atomic E-state index is 0.0792. The van der Waals surface area contributed by atoms with Crippen LogP contribution in [0.3, 0.4) is 0 Å². The van der Waals surface area contributed by atoms with Crippen molar-refractivity contribution in [3.05, 3.63) is 71.3 Å². The van der Waals surface area contributed by atoms with Gasteiger partial charge in [-0.05, 0) is 18.1 Å². The number of benzene rings is 2. The van der Waals surface area contributed by atoms with E-state index in [1.807, 2.05) is 30.3 Å². The van der Waals surface area contributed by atoms with E-state index in [-0.39, 0.29) is 12.5 Å². The zero-order valence-electron chi connectivity index (χ0n) is 11.5. The molecule has 0 heterocycles. The van der Waals surface area contributed by atoms with Crippen molar-refractivity contribution in [1.82, 2.24) is 5.32 Å². The van der Waals surface area contributed by atoms with E-state index < -0.39 is 5.97 Å². The van der Waals surface area contributed by atoms with E-state index in [9.17, 15) is 4.79 Å². The molecule has 0 amide bonds. The number of carboxylic acids is 1. The molecule has 0 saturated heterocycles. The zero-order chi connectivity index (χ0) is 14.4. The van der Waals surface area contributed by atoms with Crippen molar-refractivity contribution in [3.63, 3.8) is 0 Å². The van der Waals surface area contributed by atoms with Gasteiger partial charge < -0.3 is 10.4 Å². The third-order valence-electron chi connectivity index (χ3n) is 3.25. The third-order valence-corrected chi connectivity index (χ3v) is 3.25. The summed E-state index contributed by atoms with van der Waals surface area (Å²) in [5, 5.41) is 12.4. The topological polar surface area (TPSA) is 49.3 Å². The first-order chi connectivity index (χ1) is 9.65. The molecule has 2 aromatic carbocycles. The summed E-state index contributed by atoms with van der Waals surface area (Å²) in [4.78, 5) is 11.0. The van der Waals surface area contributed by atoms with Gasteiger partial charge in [-0.15, -0.1) is 0 Å². The summed E-state index contributed by atoms with van der Waals surface area (Å²) < 4.78 is 0. The first-order valence-electron chi connectivity index (χ1n) is 6.71. The molecule has 2 rings (SSSR count). The molecule has 0 aromatic heterocycles. The molecule has 2 N–H and O–H groups in total. The Bertz CT molecular complexity index is 549. The van der Waals surface area contributed by atoms with E-state index in [0.29, 0.717) is 6.54 Å². The molecule has 0 bridgehead atoms. The van der Waals surface area contributed by atoms with Crippen LogP contribution in [0.25, 0.3) is 0 Å². The Labute approximate surface area is 119 Å². The van der Waals surface area contributed by atoms with Crippen LogP contribution in [0, 0.1) is 6.92 Å². The fourth-order valence-corrected chi connectivity index (χ4v) is 2.11. The summed E-state index contributed by atoms with van der Waals surface area (Å²) in [6, 6.07) is 17.8. The average molecular weight is 269 g/mol. The first-order valence-corrected chi connectivity index (χ1v) is 6.71. The maximum absolute atomic E-state index is 11.0. The second-order valence-corrected chi connectivity index (χ2v) is 4.93. The second-order valence-electron chi connectivity index (χ2n) is 4.93. The van der Waals surface area contributed by atoms with Crippen LogP contribution in [0.1, 0.15) is 29.2 Å². The van der Waals surface area contributed by atoms with E-state index in [0.717, 1.165) is 11.1 Å². The molecule has 2 aromatic rings. The molecule has 20 heavy (non-hydrogen) atoms. The Morgan fingerprint density at radius 2 is 1.75 bits per heavy atom. The molecule has 0 radical (unpaired) electrons. The lowest BCUT2D eigenvalue weighted by Gasteiger charge is -2.17. The molecule has 0 spiro atoms. The van der Waals surface area contributed by atoms with Gasteiger partial charge in [0, 0.05) is 12.6 Å². The Morgan fingerprint density at radius 3 is 2.35 bits per heavy atom. The van der Waals surface area contributed by atoms with Crippen molar-refractivity contribution in [2.24, 2.45) is 0 Å². The molecular formula is C17H19NO2. The van der Waals surface area contributed by atoms with Gasteiger partial charge in [0.15, 0.2) is 0 Å². The Kier molecular flexibility index (Phi) is 4.91. The Balaban J connectivity index is 2.04. The molecule has 0 saturated carbocycles. The highest BCUT2D eigenvalue weighted by Gasteiger charge is 2.14. The normalized spacial score (nSPS) is 12.1. The highest BCUT2D eigenvalue weighted by Crippen LogP contribution is 2.17. The van der Waals surface area contributed by atoms with Crippen LogP contribution in [0.2, 0.25) is 0 Å². The monoisotopic (exact) mass is 269 g/mol. The minimum Gasteiger partial charge on any atom is -0.481 e. The van der Waals surface area contributed by atoms with Crippen LogP contribution >= 0.6 is 0 Å². The summed E-state index contributed by atoms with van der Waals surface area (Å²) >= 11 is 0. The molecule has 0 aliphatic heterocycles. The first kappa shape index (κ1) is 14.3. The van der Waals surface area contributed by atoms with Gasteiger partial charge in [0.2, 0.25) is 0 Å². The lowest BCUT2D eigenvalue weighted by Crippen LogP contribution is -2.23. The highest BCUT2D eigenvalue weighted by molar-refractivity contribution is 5.67. The van der Waals surface area contributed by atoms with Crippen LogP contribution in [0.5, 0.6) is 0 Å². The summed E-state index contributed by atoms with van der Waals surface area (Å²) in [6.45, 7) is 2.71. The highest BCUT2D eigenvalue weighted by atomic mass is 16.4. The van der Waals surface area contributed by atoms with Crippen LogP contribution in [0.4, 0.5) is 0 Å². The fraction of sp³-hybridized carbons (Fsp3) is 0.235. The summed E-state index contributed by atoms with van der Waals surface area (Å²) in [6.07, 6.45) is 0.0792. The smallest absolute Gasteiger partial charge is 0.305 e. The van der Waals surface area contributed by atoms with E-state index in [4.69, 9.17) is 5.11 Å².